The Morgan fingerprint density at radius 1 is 0.688 bits per heavy atom. The van der Waals surface area contributed by atoms with Crippen molar-refractivity contribution in [1.29, 1.82) is 0 Å². The molecule has 0 aliphatic rings. The Hall–Kier alpha value is -4.34. The highest BCUT2D eigenvalue weighted by Crippen LogP contribution is 2.05. The van der Waals surface area contributed by atoms with Gasteiger partial charge in [-0.15, -0.1) is 0 Å². The molecule has 2 aromatic carbocycles. The van der Waals surface area contributed by atoms with Gasteiger partial charge in [-0.1, -0.05) is 24.3 Å². The molecule has 0 saturated carbocycles. The fraction of sp³-hybridized carbons (Fsp3) is 0.182. The van der Waals surface area contributed by atoms with Crippen molar-refractivity contribution in [2.45, 2.75) is 12.8 Å². The minimum absolute atomic E-state index is 0.0756. The van der Waals surface area contributed by atoms with Gasteiger partial charge in [-0.05, 0) is 35.4 Å². The van der Waals surface area contributed by atoms with E-state index in [0.29, 0.717) is 22.3 Å². The molecule has 0 unspecified atom stereocenters. The SMILES string of the molecule is COC(=O)c1ccc(C=NNC(=O)CCC(=O)NN=Cc2ccc(C(=O)OC)cc2)cc1. The van der Waals surface area contributed by atoms with Crippen LogP contribution < -0.4 is 10.9 Å². The molecule has 32 heavy (non-hydrogen) atoms. The van der Waals surface area contributed by atoms with Gasteiger partial charge in [0, 0.05) is 12.8 Å². The molecule has 0 fully saturated rings. The summed E-state index contributed by atoms with van der Waals surface area (Å²) in [6, 6.07) is 12.9. The average molecular weight is 438 g/mol. The Labute approximate surface area is 184 Å². The molecule has 0 bridgehead atoms. The van der Waals surface area contributed by atoms with E-state index >= 15 is 0 Å². The third-order valence-electron chi connectivity index (χ3n) is 4.05. The van der Waals surface area contributed by atoms with Crippen LogP contribution in [0.4, 0.5) is 0 Å². The van der Waals surface area contributed by atoms with Gasteiger partial charge in [0.15, 0.2) is 0 Å². The fourth-order valence-electron chi connectivity index (χ4n) is 2.34. The largest absolute Gasteiger partial charge is 0.465 e. The van der Waals surface area contributed by atoms with Crippen LogP contribution >= 0.6 is 0 Å². The van der Waals surface area contributed by atoms with Gasteiger partial charge in [-0.25, -0.2) is 20.4 Å². The molecule has 2 N–H and O–H groups in total. The number of ether oxygens (including phenoxy) is 2. The Balaban J connectivity index is 1.70. The summed E-state index contributed by atoms with van der Waals surface area (Å²) in [4.78, 5) is 46.3. The summed E-state index contributed by atoms with van der Waals surface area (Å²) in [5, 5.41) is 7.61. The predicted molar refractivity (Wildman–Crippen MR) is 116 cm³/mol. The lowest BCUT2D eigenvalue weighted by molar-refractivity contribution is -0.126. The lowest BCUT2D eigenvalue weighted by Gasteiger charge is -2.01. The maximum absolute atomic E-state index is 11.8. The van der Waals surface area contributed by atoms with Crippen molar-refractivity contribution in [2.75, 3.05) is 14.2 Å². The van der Waals surface area contributed by atoms with Crippen molar-refractivity contribution in [3.05, 3.63) is 70.8 Å². The van der Waals surface area contributed by atoms with Crippen LogP contribution in [-0.2, 0) is 19.1 Å². The number of hydrazone groups is 2. The molecule has 10 nitrogen and oxygen atoms in total. The predicted octanol–water partition coefficient (Wildman–Crippen LogP) is 1.64. The highest BCUT2D eigenvalue weighted by Gasteiger charge is 2.06. The number of carbonyl (C=O) groups excluding carboxylic acids is 4. The first-order valence-electron chi connectivity index (χ1n) is 9.43. The summed E-state index contributed by atoms with van der Waals surface area (Å²) in [6.07, 6.45) is 2.67. The number of nitrogens with one attached hydrogen (secondary N) is 2. The van der Waals surface area contributed by atoms with Crippen molar-refractivity contribution >= 4 is 36.2 Å². The number of benzene rings is 2. The topological polar surface area (TPSA) is 136 Å². The number of hydrogen-bond acceptors (Lipinski definition) is 8. The molecular formula is C22H22N4O6. The van der Waals surface area contributed by atoms with E-state index in [1.165, 1.54) is 26.6 Å². The zero-order valence-corrected chi connectivity index (χ0v) is 17.5. The number of amides is 2. The first-order valence-corrected chi connectivity index (χ1v) is 9.43. The number of hydrogen-bond donors (Lipinski definition) is 2. The lowest BCUT2D eigenvalue weighted by atomic mass is 10.1. The highest BCUT2D eigenvalue weighted by atomic mass is 16.5. The standard InChI is InChI=1S/C22H22N4O6/c1-31-21(29)17-7-3-15(4-8-17)13-23-25-19(27)11-12-20(28)26-24-14-16-5-9-18(10-6-16)22(30)32-2/h3-10,13-14H,11-12H2,1-2H3,(H,25,27)(H,26,28). The Kier molecular flexibility index (Phi) is 9.26. The second-order valence-corrected chi connectivity index (χ2v) is 6.31. The smallest absolute Gasteiger partial charge is 0.337 e. The second kappa shape index (κ2) is 12.4. The van der Waals surface area contributed by atoms with Crippen LogP contribution in [0.5, 0.6) is 0 Å². The molecule has 0 atom stereocenters. The molecule has 2 rings (SSSR count). The summed E-state index contributed by atoms with van der Waals surface area (Å²) in [6.45, 7) is 0. The van der Waals surface area contributed by atoms with E-state index in [9.17, 15) is 19.2 Å². The van der Waals surface area contributed by atoms with Gasteiger partial charge < -0.3 is 9.47 Å². The van der Waals surface area contributed by atoms with Crippen LogP contribution in [0.15, 0.2) is 58.7 Å². The van der Waals surface area contributed by atoms with E-state index in [2.05, 4.69) is 30.5 Å². The van der Waals surface area contributed by atoms with E-state index in [4.69, 9.17) is 0 Å². The minimum atomic E-state index is -0.444. The summed E-state index contributed by atoms with van der Waals surface area (Å²) in [7, 11) is 2.60. The Bertz CT molecular complexity index is 930. The van der Waals surface area contributed by atoms with Crippen molar-refractivity contribution < 1.29 is 28.7 Å². The zero-order valence-electron chi connectivity index (χ0n) is 17.5. The molecule has 2 amide bonds. The van der Waals surface area contributed by atoms with Gasteiger partial charge in [-0.2, -0.15) is 10.2 Å². The van der Waals surface area contributed by atoms with E-state index in [1.807, 2.05) is 0 Å². The van der Waals surface area contributed by atoms with Gasteiger partial charge in [0.2, 0.25) is 11.8 Å². The number of methoxy groups -OCH3 is 2. The van der Waals surface area contributed by atoms with Crippen LogP contribution in [-0.4, -0.2) is 50.4 Å². The monoisotopic (exact) mass is 438 g/mol. The summed E-state index contributed by atoms with van der Waals surface area (Å²) in [5.41, 5.74) is 6.79. The minimum Gasteiger partial charge on any atom is -0.465 e. The highest BCUT2D eigenvalue weighted by molar-refractivity contribution is 5.92. The van der Waals surface area contributed by atoms with Crippen molar-refractivity contribution in [3.8, 4) is 0 Å². The van der Waals surface area contributed by atoms with E-state index in [1.54, 1.807) is 48.5 Å². The molecule has 10 heteroatoms. The van der Waals surface area contributed by atoms with Crippen LogP contribution in [0, 0.1) is 0 Å². The number of nitrogens with zero attached hydrogens (tertiary/aromatic N) is 2. The summed E-state index contributed by atoms with van der Waals surface area (Å²) >= 11 is 0. The Morgan fingerprint density at radius 2 is 1.03 bits per heavy atom. The van der Waals surface area contributed by atoms with E-state index in [-0.39, 0.29) is 12.8 Å². The first kappa shape index (κ1) is 23.9. The molecule has 0 aliphatic carbocycles. The summed E-state index contributed by atoms with van der Waals surface area (Å²) < 4.78 is 9.22. The van der Waals surface area contributed by atoms with Crippen LogP contribution in [0.1, 0.15) is 44.7 Å². The maximum Gasteiger partial charge on any atom is 0.337 e. The van der Waals surface area contributed by atoms with Gasteiger partial charge in [0.1, 0.15) is 0 Å². The van der Waals surface area contributed by atoms with Gasteiger partial charge >= 0.3 is 11.9 Å². The molecule has 0 spiro atoms. The Morgan fingerprint density at radius 3 is 1.34 bits per heavy atom. The van der Waals surface area contributed by atoms with E-state index in [0.717, 1.165) is 0 Å². The van der Waals surface area contributed by atoms with Crippen LogP contribution in [0.2, 0.25) is 0 Å². The van der Waals surface area contributed by atoms with Gasteiger partial charge in [0.05, 0.1) is 37.8 Å². The molecule has 0 radical (unpaired) electrons. The fourth-order valence-corrected chi connectivity index (χ4v) is 2.34. The molecule has 2 aromatic rings. The molecule has 0 saturated heterocycles. The van der Waals surface area contributed by atoms with E-state index < -0.39 is 23.8 Å². The second-order valence-electron chi connectivity index (χ2n) is 6.31. The van der Waals surface area contributed by atoms with Crippen molar-refractivity contribution in [1.82, 2.24) is 10.9 Å². The van der Waals surface area contributed by atoms with Gasteiger partial charge in [-0.3, -0.25) is 9.59 Å². The number of carbonyl (C=O) groups is 4. The molecular weight excluding hydrogens is 416 g/mol. The van der Waals surface area contributed by atoms with Crippen LogP contribution in [0.25, 0.3) is 0 Å². The molecule has 0 aromatic heterocycles. The quantitative estimate of drug-likeness (QED) is 0.347. The average Bonchev–Trinajstić information content (AvgIpc) is 2.82. The van der Waals surface area contributed by atoms with Crippen molar-refractivity contribution in [3.63, 3.8) is 0 Å². The first-order chi connectivity index (χ1) is 15.4. The van der Waals surface area contributed by atoms with Crippen LogP contribution in [0.3, 0.4) is 0 Å². The maximum atomic E-state index is 11.8. The molecule has 166 valence electrons. The normalized spacial score (nSPS) is 10.7. The third kappa shape index (κ3) is 7.82. The number of rotatable bonds is 9. The molecule has 0 heterocycles. The lowest BCUT2D eigenvalue weighted by Crippen LogP contribution is -2.22. The van der Waals surface area contributed by atoms with Gasteiger partial charge in [0.25, 0.3) is 0 Å². The van der Waals surface area contributed by atoms with Crippen molar-refractivity contribution in [2.24, 2.45) is 10.2 Å². The zero-order chi connectivity index (χ0) is 23.3. The summed E-state index contributed by atoms with van der Waals surface area (Å²) in [5.74, 6) is -1.77. The molecule has 0 aliphatic heterocycles. The number of esters is 2. The third-order valence-corrected chi connectivity index (χ3v) is 4.05.